The number of carbonyl (C=O) groups is 1. The lowest BCUT2D eigenvalue weighted by atomic mass is 10.1. The van der Waals surface area contributed by atoms with Gasteiger partial charge in [0.1, 0.15) is 0 Å². The predicted molar refractivity (Wildman–Crippen MR) is 75.4 cm³/mol. The predicted octanol–water partition coefficient (Wildman–Crippen LogP) is 1.45. The molecule has 1 heterocycles. The second-order valence-corrected chi connectivity index (χ2v) is 5.20. The Morgan fingerprint density at radius 3 is 2.61 bits per heavy atom. The number of rotatable bonds is 7. The lowest BCUT2D eigenvalue weighted by Crippen LogP contribution is -2.44. The fourth-order valence-electron chi connectivity index (χ4n) is 2.76. The zero-order valence-electron chi connectivity index (χ0n) is 12.2. The largest absolute Gasteiger partial charge is 0.340 e. The molecule has 1 amide bonds. The molecule has 1 rings (SSSR count). The van der Waals surface area contributed by atoms with Gasteiger partial charge in [-0.25, -0.2) is 0 Å². The Morgan fingerprint density at radius 2 is 2.06 bits per heavy atom. The third kappa shape index (κ3) is 3.95. The van der Waals surface area contributed by atoms with Crippen LogP contribution in [0.3, 0.4) is 0 Å². The number of hydrogen-bond acceptors (Lipinski definition) is 3. The van der Waals surface area contributed by atoms with Gasteiger partial charge in [-0.2, -0.15) is 0 Å². The summed E-state index contributed by atoms with van der Waals surface area (Å²) in [5.74, 6) is 0.151. The monoisotopic (exact) mass is 255 g/mol. The van der Waals surface area contributed by atoms with Gasteiger partial charge in [0.15, 0.2) is 0 Å². The zero-order valence-corrected chi connectivity index (χ0v) is 12.2. The molecule has 2 atom stereocenters. The normalized spacial score (nSPS) is 21.6. The molecule has 1 unspecified atom stereocenters. The van der Waals surface area contributed by atoms with Crippen LogP contribution in [-0.2, 0) is 4.79 Å². The van der Waals surface area contributed by atoms with Crippen LogP contribution in [0.1, 0.15) is 46.5 Å². The lowest BCUT2D eigenvalue weighted by molar-refractivity contribution is -0.131. The van der Waals surface area contributed by atoms with Gasteiger partial charge in [0.05, 0.1) is 6.04 Å². The highest BCUT2D eigenvalue weighted by atomic mass is 16.2. The maximum atomic E-state index is 12.2. The average Bonchev–Trinajstić information content (AvgIpc) is 2.86. The maximum Gasteiger partial charge on any atom is 0.239 e. The van der Waals surface area contributed by atoms with Gasteiger partial charge in [-0.15, -0.1) is 0 Å². The van der Waals surface area contributed by atoms with Crippen molar-refractivity contribution in [2.45, 2.75) is 58.5 Å². The standard InChI is InChI=1S/C14H29N3O/c1-4-7-8-13(15)14(18)17-10-9-12(11-17)16(5-2)6-3/h12-13H,4-11,15H2,1-3H3/t12?,13-/m0/s1. The Kier molecular flexibility index (Phi) is 6.65. The first kappa shape index (κ1) is 15.4. The van der Waals surface area contributed by atoms with E-state index in [1.807, 2.05) is 4.90 Å². The average molecular weight is 255 g/mol. The van der Waals surface area contributed by atoms with Crippen LogP contribution >= 0.6 is 0 Å². The SMILES string of the molecule is CCCC[C@H](N)C(=O)N1CCC(N(CC)CC)C1. The highest BCUT2D eigenvalue weighted by Gasteiger charge is 2.31. The van der Waals surface area contributed by atoms with Crippen LogP contribution < -0.4 is 5.73 Å². The van der Waals surface area contributed by atoms with E-state index in [4.69, 9.17) is 5.73 Å². The lowest BCUT2D eigenvalue weighted by Gasteiger charge is -2.26. The van der Waals surface area contributed by atoms with E-state index in [-0.39, 0.29) is 11.9 Å². The van der Waals surface area contributed by atoms with Crippen molar-refractivity contribution >= 4 is 5.91 Å². The fraction of sp³-hybridized carbons (Fsp3) is 0.929. The van der Waals surface area contributed by atoms with E-state index in [1.54, 1.807) is 0 Å². The fourth-order valence-corrected chi connectivity index (χ4v) is 2.76. The van der Waals surface area contributed by atoms with E-state index in [1.165, 1.54) is 0 Å². The van der Waals surface area contributed by atoms with Gasteiger partial charge in [0.2, 0.25) is 5.91 Å². The highest BCUT2D eigenvalue weighted by molar-refractivity contribution is 5.81. The Labute approximate surface area is 111 Å². The van der Waals surface area contributed by atoms with Gasteiger partial charge in [-0.1, -0.05) is 33.6 Å². The number of nitrogens with two attached hydrogens (primary N) is 1. The molecule has 0 bridgehead atoms. The highest BCUT2D eigenvalue weighted by Crippen LogP contribution is 2.16. The molecule has 1 aliphatic heterocycles. The van der Waals surface area contributed by atoms with E-state index in [9.17, 15) is 4.79 Å². The van der Waals surface area contributed by atoms with Crippen molar-refractivity contribution in [1.82, 2.24) is 9.80 Å². The van der Waals surface area contributed by atoms with Crippen LogP contribution in [-0.4, -0.2) is 54.0 Å². The third-order valence-corrected chi connectivity index (χ3v) is 3.99. The van der Waals surface area contributed by atoms with Gasteiger partial charge in [0.25, 0.3) is 0 Å². The summed E-state index contributed by atoms with van der Waals surface area (Å²) in [6.07, 6.45) is 4.05. The van der Waals surface area contributed by atoms with Crippen molar-refractivity contribution in [2.24, 2.45) is 5.73 Å². The second-order valence-electron chi connectivity index (χ2n) is 5.20. The topological polar surface area (TPSA) is 49.6 Å². The summed E-state index contributed by atoms with van der Waals surface area (Å²) in [5, 5.41) is 0. The molecule has 4 nitrogen and oxygen atoms in total. The van der Waals surface area contributed by atoms with Crippen molar-refractivity contribution < 1.29 is 4.79 Å². The number of likely N-dealkylation sites (N-methyl/N-ethyl adjacent to an activating group) is 1. The molecule has 106 valence electrons. The maximum absolute atomic E-state index is 12.2. The van der Waals surface area contributed by atoms with Crippen molar-refractivity contribution in [1.29, 1.82) is 0 Å². The molecule has 1 fully saturated rings. The summed E-state index contributed by atoms with van der Waals surface area (Å²) in [6, 6.07) is 0.239. The molecule has 2 N–H and O–H groups in total. The minimum absolute atomic E-state index is 0.151. The molecule has 1 aliphatic rings. The summed E-state index contributed by atoms with van der Waals surface area (Å²) in [7, 11) is 0. The molecule has 0 radical (unpaired) electrons. The minimum atomic E-state index is -0.291. The molecule has 1 saturated heterocycles. The summed E-state index contributed by atoms with van der Waals surface area (Å²) in [4.78, 5) is 16.6. The number of likely N-dealkylation sites (tertiary alicyclic amines) is 1. The van der Waals surface area contributed by atoms with Gasteiger partial charge in [-0.05, 0) is 25.9 Å². The summed E-state index contributed by atoms with van der Waals surface area (Å²) >= 11 is 0. The first-order valence-electron chi connectivity index (χ1n) is 7.42. The Hall–Kier alpha value is -0.610. The number of hydrogen-bond donors (Lipinski definition) is 1. The Bertz CT molecular complexity index is 253. The second kappa shape index (κ2) is 7.74. The van der Waals surface area contributed by atoms with E-state index in [2.05, 4.69) is 25.7 Å². The number of unbranched alkanes of at least 4 members (excludes halogenated alkanes) is 1. The van der Waals surface area contributed by atoms with Crippen LogP contribution in [0, 0.1) is 0 Å². The minimum Gasteiger partial charge on any atom is -0.340 e. The van der Waals surface area contributed by atoms with Crippen LogP contribution in [0.25, 0.3) is 0 Å². The van der Waals surface area contributed by atoms with E-state index in [0.29, 0.717) is 6.04 Å². The quantitative estimate of drug-likeness (QED) is 0.749. The first-order valence-corrected chi connectivity index (χ1v) is 7.42. The number of nitrogens with zero attached hydrogens (tertiary/aromatic N) is 2. The molecular formula is C14H29N3O. The van der Waals surface area contributed by atoms with Crippen molar-refractivity contribution in [2.75, 3.05) is 26.2 Å². The molecule has 0 aromatic heterocycles. The number of carbonyl (C=O) groups excluding carboxylic acids is 1. The van der Waals surface area contributed by atoms with Crippen LogP contribution in [0.5, 0.6) is 0 Å². The van der Waals surface area contributed by atoms with Crippen LogP contribution in [0.15, 0.2) is 0 Å². The van der Waals surface area contributed by atoms with Gasteiger partial charge in [-0.3, -0.25) is 9.69 Å². The van der Waals surface area contributed by atoms with Crippen molar-refractivity contribution in [3.63, 3.8) is 0 Å². The first-order chi connectivity index (χ1) is 8.63. The van der Waals surface area contributed by atoms with Gasteiger partial charge >= 0.3 is 0 Å². The molecule has 0 spiro atoms. The molecule has 0 aliphatic carbocycles. The summed E-state index contributed by atoms with van der Waals surface area (Å²) in [6.45, 7) is 10.3. The molecule has 0 aromatic carbocycles. The van der Waals surface area contributed by atoms with Crippen LogP contribution in [0.4, 0.5) is 0 Å². The smallest absolute Gasteiger partial charge is 0.239 e. The Balaban J connectivity index is 2.43. The van der Waals surface area contributed by atoms with Gasteiger partial charge in [0, 0.05) is 19.1 Å². The van der Waals surface area contributed by atoms with Gasteiger partial charge < -0.3 is 10.6 Å². The van der Waals surface area contributed by atoms with Crippen molar-refractivity contribution in [3.8, 4) is 0 Å². The molecule has 4 heteroatoms. The van der Waals surface area contributed by atoms with E-state index in [0.717, 1.165) is 51.9 Å². The summed E-state index contributed by atoms with van der Waals surface area (Å²) in [5.41, 5.74) is 5.96. The van der Waals surface area contributed by atoms with E-state index >= 15 is 0 Å². The van der Waals surface area contributed by atoms with Crippen LogP contribution in [0.2, 0.25) is 0 Å². The molecule has 18 heavy (non-hydrogen) atoms. The summed E-state index contributed by atoms with van der Waals surface area (Å²) < 4.78 is 0. The Morgan fingerprint density at radius 1 is 1.39 bits per heavy atom. The van der Waals surface area contributed by atoms with E-state index < -0.39 is 0 Å². The third-order valence-electron chi connectivity index (χ3n) is 3.99. The molecule has 0 saturated carbocycles. The molecule has 0 aromatic rings. The molecular weight excluding hydrogens is 226 g/mol. The van der Waals surface area contributed by atoms with Crippen molar-refractivity contribution in [3.05, 3.63) is 0 Å². The number of amides is 1. The zero-order chi connectivity index (χ0) is 13.5.